The molecular weight excluding hydrogens is 246 g/mol. The van der Waals surface area contributed by atoms with Crippen molar-refractivity contribution in [2.75, 3.05) is 13.7 Å². The van der Waals surface area contributed by atoms with Gasteiger partial charge in [0.05, 0.1) is 7.11 Å². The normalized spacial score (nSPS) is 12.2. The third-order valence-electron chi connectivity index (χ3n) is 3.77. The summed E-state index contributed by atoms with van der Waals surface area (Å²) in [6.45, 7) is 2.81. The van der Waals surface area contributed by atoms with E-state index >= 15 is 0 Å². The van der Waals surface area contributed by atoms with Crippen molar-refractivity contribution in [1.29, 1.82) is 0 Å². The molecule has 2 nitrogen and oxygen atoms in total. The van der Waals surface area contributed by atoms with Gasteiger partial charge in [-0.15, -0.1) is 0 Å². The number of hydrogen-bond donors (Lipinski definition) is 1. The number of methoxy groups -OCH3 is 1. The number of benzene rings is 2. The predicted octanol–water partition coefficient (Wildman–Crippen LogP) is 3.54. The molecule has 2 N–H and O–H groups in total. The number of hydrogen-bond acceptors (Lipinski definition) is 2. The van der Waals surface area contributed by atoms with Gasteiger partial charge in [-0.2, -0.15) is 0 Å². The molecule has 0 amide bonds. The highest BCUT2D eigenvalue weighted by Crippen LogP contribution is 2.27. The van der Waals surface area contributed by atoms with Gasteiger partial charge in [-0.25, -0.2) is 0 Å². The minimum atomic E-state index is 0.331. The molecule has 2 rings (SSSR count). The molecule has 20 heavy (non-hydrogen) atoms. The topological polar surface area (TPSA) is 35.2 Å². The van der Waals surface area contributed by atoms with E-state index in [1.807, 2.05) is 6.07 Å². The van der Waals surface area contributed by atoms with Crippen LogP contribution in [0.5, 0.6) is 5.75 Å². The molecule has 2 heteroatoms. The van der Waals surface area contributed by atoms with Crippen molar-refractivity contribution in [3.05, 3.63) is 65.2 Å². The first-order valence-electron chi connectivity index (χ1n) is 7.19. The molecular formula is C18H23NO. The van der Waals surface area contributed by atoms with Gasteiger partial charge in [0, 0.05) is 5.92 Å². The standard InChI is InChI=1S/C18H23NO/c1-3-14-9-10-18(20-2)16(11-14)12-17(13-19)15-7-5-4-6-8-15/h4-11,17H,3,12-13,19H2,1-2H3. The van der Waals surface area contributed by atoms with Crippen molar-refractivity contribution in [2.45, 2.75) is 25.7 Å². The number of rotatable bonds is 6. The van der Waals surface area contributed by atoms with Gasteiger partial charge in [0.25, 0.3) is 0 Å². The predicted molar refractivity (Wildman–Crippen MR) is 84.3 cm³/mol. The SMILES string of the molecule is CCc1ccc(OC)c(CC(CN)c2ccccc2)c1. The second kappa shape index (κ2) is 7.11. The van der Waals surface area contributed by atoms with Crippen LogP contribution >= 0.6 is 0 Å². The maximum absolute atomic E-state index is 5.97. The monoisotopic (exact) mass is 269 g/mol. The lowest BCUT2D eigenvalue weighted by Gasteiger charge is -2.18. The maximum atomic E-state index is 5.97. The number of ether oxygens (including phenoxy) is 1. The van der Waals surface area contributed by atoms with Crippen molar-refractivity contribution < 1.29 is 4.74 Å². The molecule has 0 fully saturated rings. The first-order valence-corrected chi connectivity index (χ1v) is 7.19. The van der Waals surface area contributed by atoms with Crippen LogP contribution in [-0.2, 0) is 12.8 Å². The van der Waals surface area contributed by atoms with Crippen LogP contribution in [0.1, 0.15) is 29.5 Å². The molecule has 0 aliphatic heterocycles. The van der Waals surface area contributed by atoms with Crippen LogP contribution in [0.4, 0.5) is 0 Å². The average molecular weight is 269 g/mol. The number of nitrogens with two attached hydrogens (primary N) is 1. The summed E-state index contributed by atoms with van der Waals surface area (Å²) in [5, 5.41) is 0. The number of aryl methyl sites for hydroxylation is 1. The maximum Gasteiger partial charge on any atom is 0.122 e. The Balaban J connectivity index is 2.27. The molecule has 1 unspecified atom stereocenters. The molecule has 106 valence electrons. The summed E-state index contributed by atoms with van der Waals surface area (Å²) in [5.41, 5.74) is 9.84. The Kier molecular flexibility index (Phi) is 5.19. The molecule has 0 saturated carbocycles. The minimum Gasteiger partial charge on any atom is -0.496 e. The molecule has 0 bridgehead atoms. The lowest BCUT2D eigenvalue weighted by molar-refractivity contribution is 0.408. The molecule has 0 saturated heterocycles. The molecule has 0 aliphatic carbocycles. The first kappa shape index (κ1) is 14.6. The lowest BCUT2D eigenvalue weighted by Crippen LogP contribution is -2.15. The van der Waals surface area contributed by atoms with Crippen LogP contribution in [0.25, 0.3) is 0 Å². The van der Waals surface area contributed by atoms with Crippen molar-refractivity contribution >= 4 is 0 Å². The zero-order chi connectivity index (χ0) is 14.4. The van der Waals surface area contributed by atoms with Crippen LogP contribution < -0.4 is 10.5 Å². The molecule has 0 spiro atoms. The summed E-state index contributed by atoms with van der Waals surface area (Å²) in [5.74, 6) is 1.29. The van der Waals surface area contributed by atoms with E-state index in [1.54, 1.807) is 7.11 Å². The smallest absolute Gasteiger partial charge is 0.122 e. The Bertz CT molecular complexity index is 536. The van der Waals surface area contributed by atoms with E-state index in [0.717, 1.165) is 18.6 Å². The molecule has 0 aromatic heterocycles. The van der Waals surface area contributed by atoms with Crippen LogP contribution in [0.3, 0.4) is 0 Å². The molecule has 1 atom stereocenters. The van der Waals surface area contributed by atoms with E-state index in [1.165, 1.54) is 16.7 Å². The van der Waals surface area contributed by atoms with Gasteiger partial charge < -0.3 is 10.5 Å². The molecule has 2 aromatic rings. The van der Waals surface area contributed by atoms with Crippen LogP contribution in [0, 0.1) is 0 Å². The Hall–Kier alpha value is -1.80. The van der Waals surface area contributed by atoms with Crippen molar-refractivity contribution in [1.82, 2.24) is 0 Å². The van der Waals surface area contributed by atoms with Gasteiger partial charge in [-0.3, -0.25) is 0 Å². The van der Waals surface area contributed by atoms with E-state index in [9.17, 15) is 0 Å². The third-order valence-corrected chi connectivity index (χ3v) is 3.77. The zero-order valence-corrected chi connectivity index (χ0v) is 12.3. The highest BCUT2D eigenvalue weighted by Gasteiger charge is 2.13. The second-order valence-electron chi connectivity index (χ2n) is 5.05. The Labute approximate surface area is 121 Å². The van der Waals surface area contributed by atoms with Gasteiger partial charge in [-0.05, 0) is 42.1 Å². The summed E-state index contributed by atoms with van der Waals surface area (Å²) in [4.78, 5) is 0. The third kappa shape index (κ3) is 3.40. The van der Waals surface area contributed by atoms with E-state index in [4.69, 9.17) is 10.5 Å². The summed E-state index contributed by atoms with van der Waals surface area (Å²) >= 11 is 0. The van der Waals surface area contributed by atoms with Gasteiger partial charge >= 0.3 is 0 Å². The fraction of sp³-hybridized carbons (Fsp3) is 0.333. The highest BCUT2D eigenvalue weighted by atomic mass is 16.5. The van der Waals surface area contributed by atoms with Crippen molar-refractivity contribution in [3.63, 3.8) is 0 Å². The van der Waals surface area contributed by atoms with Crippen LogP contribution in [0.15, 0.2) is 48.5 Å². The Morgan fingerprint density at radius 2 is 1.85 bits per heavy atom. The summed E-state index contributed by atoms with van der Waals surface area (Å²) in [7, 11) is 1.73. The van der Waals surface area contributed by atoms with Gasteiger partial charge in [0.2, 0.25) is 0 Å². The van der Waals surface area contributed by atoms with E-state index < -0.39 is 0 Å². The summed E-state index contributed by atoms with van der Waals surface area (Å²) in [6, 6.07) is 16.9. The van der Waals surface area contributed by atoms with Crippen LogP contribution in [-0.4, -0.2) is 13.7 Å². The fourth-order valence-electron chi connectivity index (χ4n) is 2.54. The molecule has 0 radical (unpaired) electrons. The quantitative estimate of drug-likeness (QED) is 0.870. The van der Waals surface area contributed by atoms with Gasteiger partial charge in [0.15, 0.2) is 0 Å². The Morgan fingerprint density at radius 1 is 1.10 bits per heavy atom. The Morgan fingerprint density at radius 3 is 2.45 bits per heavy atom. The zero-order valence-electron chi connectivity index (χ0n) is 12.3. The van der Waals surface area contributed by atoms with Crippen LogP contribution in [0.2, 0.25) is 0 Å². The minimum absolute atomic E-state index is 0.331. The van der Waals surface area contributed by atoms with Crippen molar-refractivity contribution in [3.8, 4) is 5.75 Å². The summed E-state index contributed by atoms with van der Waals surface area (Å²) < 4.78 is 5.49. The lowest BCUT2D eigenvalue weighted by atomic mass is 9.91. The van der Waals surface area contributed by atoms with Gasteiger partial charge in [-0.1, -0.05) is 49.4 Å². The summed E-state index contributed by atoms with van der Waals surface area (Å²) in [6.07, 6.45) is 1.95. The van der Waals surface area contributed by atoms with E-state index in [0.29, 0.717) is 12.5 Å². The second-order valence-corrected chi connectivity index (χ2v) is 5.05. The van der Waals surface area contributed by atoms with Crippen molar-refractivity contribution in [2.24, 2.45) is 5.73 Å². The van der Waals surface area contributed by atoms with E-state index in [-0.39, 0.29) is 0 Å². The highest BCUT2D eigenvalue weighted by molar-refractivity contribution is 5.39. The fourth-order valence-corrected chi connectivity index (χ4v) is 2.54. The first-order chi connectivity index (χ1) is 9.78. The van der Waals surface area contributed by atoms with Gasteiger partial charge in [0.1, 0.15) is 5.75 Å². The average Bonchev–Trinajstić information content (AvgIpc) is 2.53. The van der Waals surface area contributed by atoms with E-state index in [2.05, 4.69) is 49.4 Å². The largest absolute Gasteiger partial charge is 0.496 e. The molecule has 2 aromatic carbocycles. The molecule has 0 heterocycles. The molecule has 0 aliphatic rings.